The molecule has 96 valence electrons. The molecule has 0 aliphatic carbocycles. The molecule has 1 aromatic heterocycles. The van der Waals surface area contributed by atoms with Gasteiger partial charge in [-0.1, -0.05) is 30.3 Å². The van der Waals surface area contributed by atoms with Gasteiger partial charge in [0.05, 0.1) is 12.3 Å². The molecule has 0 saturated heterocycles. The van der Waals surface area contributed by atoms with Crippen LogP contribution in [0.2, 0.25) is 0 Å². The predicted molar refractivity (Wildman–Crippen MR) is 69.7 cm³/mol. The summed E-state index contributed by atoms with van der Waals surface area (Å²) in [7, 11) is 0. The molecule has 19 heavy (non-hydrogen) atoms. The van der Waals surface area contributed by atoms with E-state index in [-0.39, 0.29) is 5.91 Å². The number of furan rings is 1. The Balaban J connectivity index is 2.25. The molecule has 0 radical (unpaired) electrons. The molecule has 1 atom stereocenters. The summed E-state index contributed by atoms with van der Waals surface area (Å²) in [5, 5.41) is 9.29. The highest BCUT2D eigenvalue weighted by Crippen LogP contribution is 2.22. The Labute approximate surface area is 111 Å². The van der Waals surface area contributed by atoms with E-state index in [4.69, 9.17) is 4.42 Å². The Kier molecular flexibility index (Phi) is 3.99. The Morgan fingerprint density at radius 1 is 1.32 bits per heavy atom. The van der Waals surface area contributed by atoms with Crippen LogP contribution in [0.25, 0.3) is 0 Å². The lowest BCUT2D eigenvalue weighted by atomic mass is 10.1. The van der Waals surface area contributed by atoms with E-state index in [0.29, 0.717) is 12.3 Å². The largest absolute Gasteiger partial charge is 0.466 e. The van der Waals surface area contributed by atoms with Crippen molar-refractivity contribution in [1.29, 1.82) is 5.26 Å². The normalized spacial score (nSPS) is 11.6. The van der Waals surface area contributed by atoms with E-state index in [1.807, 2.05) is 30.3 Å². The smallest absolute Gasteiger partial charge is 0.221 e. The quantitative estimate of drug-likeness (QED) is 0.842. The van der Waals surface area contributed by atoms with Crippen molar-refractivity contribution in [3.63, 3.8) is 0 Å². The van der Waals surface area contributed by atoms with Crippen molar-refractivity contribution >= 4 is 5.91 Å². The van der Waals surface area contributed by atoms with Gasteiger partial charge in [-0.25, -0.2) is 0 Å². The summed E-state index contributed by atoms with van der Waals surface area (Å²) in [4.78, 5) is 13.3. The molecule has 1 heterocycles. The van der Waals surface area contributed by atoms with Crippen molar-refractivity contribution in [2.45, 2.75) is 19.5 Å². The molecular formula is C15H14N2O2. The molecular weight excluding hydrogens is 240 g/mol. The van der Waals surface area contributed by atoms with Gasteiger partial charge in [0.25, 0.3) is 0 Å². The molecule has 0 aliphatic heterocycles. The van der Waals surface area contributed by atoms with Gasteiger partial charge in [-0.3, -0.25) is 4.79 Å². The van der Waals surface area contributed by atoms with Crippen molar-refractivity contribution < 1.29 is 9.21 Å². The van der Waals surface area contributed by atoms with Crippen LogP contribution >= 0.6 is 0 Å². The zero-order chi connectivity index (χ0) is 13.7. The number of hydrogen-bond acceptors (Lipinski definition) is 3. The fraction of sp³-hybridized carbons (Fsp3) is 0.200. The number of rotatable bonds is 4. The first-order valence-electron chi connectivity index (χ1n) is 5.96. The van der Waals surface area contributed by atoms with E-state index < -0.39 is 6.04 Å². The zero-order valence-electron chi connectivity index (χ0n) is 10.6. The molecule has 0 bridgehead atoms. The molecule has 0 spiro atoms. The summed E-state index contributed by atoms with van der Waals surface area (Å²) in [6.07, 6.45) is 1.50. The van der Waals surface area contributed by atoms with Crippen LogP contribution in [0.5, 0.6) is 0 Å². The third kappa shape index (κ3) is 3.02. The van der Waals surface area contributed by atoms with Gasteiger partial charge in [-0.2, -0.15) is 5.26 Å². The van der Waals surface area contributed by atoms with Crippen LogP contribution in [0.1, 0.15) is 24.3 Å². The standard InChI is InChI=1S/C15H14N2O2/c1-12(18)17(11-13-6-3-2-4-7-13)14(10-16)15-8-5-9-19-15/h2-9,14H,11H2,1H3. The SMILES string of the molecule is CC(=O)N(Cc1ccccc1)C(C#N)c1ccco1. The number of nitriles is 1. The van der Waals surface area contributed by atoms with Crippen LogP contribution in [-0.2, 0) is 11.3 Å². The summed E-state index contributed by atoms with van der Waals surface area (Å²) in [5.41, 5.74) is 0.976. The molecule has 1 amide bonds. The first kappa shape index (κ1) is 12.9. The van der Waals surface area contributed by atoms with Gasteiger partial charge in [-0.15, -0.1) is 0 Å². The lowest BCUT2D eigenvalue weighted by molar-refractivity contribution is -0.131. The fourth-order valence-electron chi connectivity index (χ4n) is 1.90. The third-order valence-corrected chi connectivity index (χ3v) is 2.85. The summed E-state index contributed by atoms with van der Waals surface area (Å²) >= 11 is 0. The number of nitrogens with zero attached hydrogens (tertiary/aromatic N) is 2. The van der Waals surface area contributed by atoms with Gasteiger partial charge in [0, 0.05) is 13.5 Å². The predicted octanol–water partition coefficient (Wildman–Crippen LogP) is 2.89. The molecule has 0 saturated carbocycles. The molecule has 0 fully saturated rings. The summed E-state index contributed by atoms with van der Waals surface area (Å²) in [5.74, 6) is 0.320. The summed E-state index contributed by atoms with van der Waals surface area (Å²) in [6, 6.07) is 14.4. The Hall–Kier alpha value is -2.54. The van der Waals surface area contributed by atoms with Crippen LogP contribution in [0.3, 0.4) is 0 Å². The van der Waals surface area contributed by atoms with Gasteiger partial charge in [0.15, 0.2) is 6.04 Å². The lowest BCUT2D eigenvalue weighted by Crippen LogP contribution is -2.31. The van der Waals surface area contributed by atoms with E-state index in [1.165, 1.54) is 18.1 Å². The van der Waals surface area contributed by atoms with Crippen LogP contribution < -0.4 is 0 Å². The van der Waals surface area contributed by atoms with Gasteiger partial charge < -0.3 is 9.32 Å². The van der Waals surface area contributed by atoms with Crippen LogP contribution in [0, 0.1) is 11.3 Å². The van der Waals surface area contributed by atoms with Crippen molar-refractivity contribution in [1.82, 2.24) is 4.90 Å². The van der Waals surface area contributed by atoms with E-state index in [2.05, 4.69) is 6.07 Å². The van der Waals surface area contributed by atoms with Crippen LogP contribution in [0.4, 0.5) is 0 Å². The molecule has 2 aromatic rings. The first-order valence-corrected chi connectivity index (χ1v) is 5.96. The fourth-order valence-corrected chi connectivity index (χ4v) is 1.90. The zero-order valence-corrected chi connectivity index (χ0v) is 10.6. The maximum atomic E-state index is 11.8. The van der Waals surface area contributed by atoms with Gasteiger partial charge >= 0.3 is 0 Å². The Bertz CT molecular complexity index is 570. The van der Waals surface area contributed by atoms with Crippen molar-refractivity contribution in [2.75, 3.05) is 0 Å². The second-order valence-electron chi connectivity index (χ2n) is 4.18. The first-order chi connectivity index (χ1) is 9.22. The second-order valence-corrected chi connectivity index (χ2v) is 4.18. The van der Waals surface area contributed by atoms with E-state index in [9.17, 15) is 10.1 Å². The van der Waals surface area contributed by atoms with Gasteiger partial charge in [0.1, 0.15) is 5.76 Å². The van der Waals surface area contributed by atoms with Crippen molar-refractivity contribution in [2.24, 2.45) is 0 Å². The van der Waals surface area contributed by atoms with Gasteiger partial charge in [-0.05, 0) is 17.7 Å². The molecule has 4 heteroatoms. The number of carbonyl (C=O) groups is 1. The minimum Gasteiger partial charge on any atom is -0.466 e. The summed E-state index contributed by atoms with van der Waals surface area (Å²) < 4.78 is 5.24. The topological polar surface area (TPSA) is 57.2 Å². The van der Waals surface area contributed by atoms with Crippen molar-refractivity contribution in [3.8, 4) is 6.07 Å². The number of carbonyl (C=O) groups excluding carboxylic acids is 1. The average Bonchev–Trinajstić information content (AvgIpc) is 2.93. The Morgan fingerprint density at radius 2 is 2.05 bits per heavy atom. The number of amides is 1. The lowest BCUT2D eigenvalue weighted by Gasteiger charge is -2.24. The average molecular weight is 254 g/mol. The molecule has 1 unspecified atom stereocenters. The van der Waals surface area contributed by atoms with E-state index in [1.54, 1.807) is 12.1 Å². The maximum absolute atomic E-state index is 11.8. The highest BCUT2D eigenvalue weighted by atomic mass is 16.3. The monoisotopic (exact) mass is 254 g/mol. The van der Waals surface area contributed by atoms with E-state index in [0.717, 1.165) is 5.56 Å². The molecule has 2 rings (SSSR count). The second kappa shape index (κ2) is 5.87. The van der Waals surface area contributed by atoms with Gasteiger partial charge in [0.2, 0.25) is 5.91 Å². The maximum Gasteiger partial charge on any atom is 0.221 e. The molecule has 4 nitrogen and oxygen atoms in total. The molecule has 0 aliphatic rings. The van der Waals surface area contributed by atoms with Crippen LogP contribution in [0.15, 0.2) is 53.1 Å². The molecule has 0 N–H and O–H groups in total. The number of benzene rings is 1. The van der Waals surface area contributed by atoms with E-state index >= 15 is 0 Å². The minimum atomic E-state index is -0.701. The highest BCUT2D eigenvalue weighted by molar-refractivity contribution is 5.74. The highest BCUT2D eigenvalue weighted by Gasteiger charge is 2.24. The van der Waals surface area contributed by atoms with Crippen LogP contribution in [-0.4, -0.2) is 10.8 Å². The third-order valence-electron chi connectivity index (χ3n) is 2.85. The number of hydrogen-bond donors (Lipinski definition) is 0. The minimum absolute atomic E-state index is 0.160. The van der Waals surface area contributed by atoms with Crippen molar-refractivity contribution in [3.05, 3.63) is 60.1 Å². The Morgan fingerprint density at radius 3 is 2.58 bits per heavy atom. The summed E-state index contributed by atoms with van der Waals surface area (Å²) in [6.45, 7) is 1.84. The molecule has 1 aromatic carbocycles.